The van der Waals surface area contributed by atoms with Crippen molar-refractivity contribution in [3.8, 4) is 11.5 Å². The molecular formula is C37H30N4O11S2. The van der Waals surface area contributed by atoms with Gasteiger partial charge in [-0.15, -0.1) is 0 Å². The highest BCUT2D eigenvalue weighted by Crippen LogP contribution is 2.40. The molecule has 0 heterocycles. The summed E-state index contributed by atoms with van der Waals surface area (Å²) in [6.45, 7) is 3.13. The molecule has 15 nitrogen and oxygen atoms in total. The van der Waals surface area contributed by atoms with E-state index in [9.17, 15) is 50.5 Å². The zero-order valence-electron chi connectivity index (χ0n) is 28.2. The van der Waals surface area contributed by atoms with E-state index in [1.54, 1.807) is 26.0 Å². The first-order chi connectivity index (χ1) is 25.4. The van der Waals surface area contributed by atoms with Crippen molar-refractivity contribution in [3.63, 3.8) is 0 Å². The molecule has 0 spiro atoms. The Morgan fingerprint density at radius 2 is 0.926 bits per heavy atom. The first kappa shape index (κ1) is 37.2. The third-order valence-corrected chi connectivity index (χ3v) is 10.3. The summed E-state index contributed by atoms with van der Waals surface area (Å²) in [6, 6.07) is 21.7. The number of urea groups is 1. The molecule has 0 aliphatic rings. The summed E-state index contributed by atoms with van der Waals surface area (Å²) in [6.07, 6.45) is 0. The number of carbonyl (C=O) groups excluding carboxylic acids is 3. The predicted molar refractivity (Wildman–Crippen MR) is 200 cm³/mol. The molecule has 8 N–H and O–H groups in total. The summed E-state index contributed by atoms with van der Waals surface area (Å²) in [5.41, 5.74) is 1.50. The number of aryl methyl sites for hydroxylation is 2. The number of fused-ring (bicyclic) bond motifs is 2. The van der Waals surface area contributed by atoms with Gasteiger partial charge in [0.1, 0.15) is 21.3 Å². The van der Waals surface area contributed by atoms with Crippen LogP contribution in [0.25, 0.3) is 21.5 Å². The molecule has 0 aromatic heterocycles. The summed E-state index contributed by atoms with van der Waals surface area (Å²) in [4.78, 5) is 37.9. The fraction of sp³-hybridized carbons (Fsp3) is 0.0541. The number of nitrogens with one attached hydrogen (secondary N) is 4. The van der Waals surface area contributed by atoms with Crippen LogP contribution in [0.4, 0.5) is 27.5 Å². The Morgan fingerprint density at radius 3 is 1.28 bits per heavy atom. The monoisotopic (exact) mass is 770 g/mol. The maximum Gasteiger partial charge on any atom is 0.328 e. The average molecular weight is 771 g/mol. The Bertz CT molecular complexity index is 2600. The van der Waals surface area contributed by atoms with Gasteiger partial charge in [0.05, 0.1) is 11.4 Å². The summed E-state index contributed by atoms with van der Waals surface area (Å²) in [5, 5.41) is 32.1. The van der Waals surface area contributed by atoms with Crippen LogP contribution in [0.1, 0.15) is 31.8 Å². The number of aromatic hydroxyl groups is 2. The van der Waals surface area contributed by atoms with E-state index in [4.69, 9.17) is 0 Å². The molecule has 4 amide bonds. The highest BCUT2D eigenvalue weighted by Gasteiger charge is 2.22. The Kier molecular flexibility index (Phi) is 9.74. The average Bonchev–Trinajstić information content (AvgIpc) is 3.09. The number of anilines is 4. The Labute approximate surface area is 307 Å². The normalized spacial score (nSPS) is 11.6. The minimum Gasteiger partial charge on any atom is -0.506 e. The summed E-state index contributed by atoms with van der Waals surface area (Å²) < 4.78 is 67.8. The molecule has 0 bridgehead atoms. The van der Waals surface area contributed by atoms with Crippen LogP contribution in [0, 0.1) is 13.8 Å². The number of hydrogen-bond donors (Lipinski definition) is 8. The number of benzene rings is 6. The van der Waals surface area contributed by atoms with E-state index in [0.717, 1.165) is 0 Å². The topological polar surface area (TPSA) is 249 Å². The van der Waals surface area contributed by atoms with Crippen LogP contribution in [0.15, 0.2) is 107 Å². The van der Waals surface area contributed by atoms with Gasteiger partial charge in [0.2, 0.25) is 0 Å². The van der Waals surface area contributed by atoms with Crippen molar-refractivity contribution < 1.29 is 50.5 Å². The van der Waals surface area contributed by atoms with Crippen LogP contribution in [0.2, 0.25) is 0 Å². The lowest BCUT2D eigenvalue weighted by atomic mass is 10.1. The molecule has 0 radical (unpaired) electrons. The van der Waals surface area contributed by atoms with Gasteiger partial charge in [-0.3, -0.25) is 29.3 Å². The van der Waals surface area contributed by atoms with E-state index in [-0.39, 0.29) is 44.8 Å². The maximum atomic E-state index is 13.0. The van der Waals surface area contributed by atoms with Crippen molar-refractivity contribution in [2.24, 2.45) is 0 Å². The summed E-state index contributed by atoms with van der Waals surface area (Å²) >= 11 is 0. The van der Waals surface area contributed by atoms with Gasteiger partial charge in [-0.25, -0.2) is 4.79 Å². The van der Waals surface area contributed by atoms with Crippen LogP contribution in [0.3, 0.4) is 0 Å². The van der Waals surface area contributed by atoms with Crippen molar-refractivity contribution in [2.75, 3.05) is 10.6 Å². The largest absolute Gasteiger partial charge is 0.506 e. The molecule has 0 aliphatic heterocycles. The lowest BCUT2D eigenvalue weighted by molar-refractivity contribution is 0.0944. The SMILES string of the molecule is Cc1cc(Nc2c(O)ccc3cccc(S(=O)(=O)O)c23)ccc1C(=O)NC(=O)NC(=O)c1ccc(Nc2c(O)ccc3cccc(S(=O)(=O)O)c23)cc1C. The molecule has 0 fully saturated rings. The van der Waals surface area contributed by atoms with Gasteiger partial charge in [-0.2, -0.15) is 16.8 Å². The van der Waals surface area contributed by atoms with Gasteiger partial charge in [0.15, 0.2) is 0 Å². The number of phenolic OH excluding ortho intramolecular Hbond substituents is 2. The van der Waals surface area contributed by atoms with Crippen LogP contribution in [-0.2, 0) is 20.2 Å². The molecule has 6 rings (SSSR count). The second-order valence-corrected chi connectivity index (χ2v) is 14.9. The summed E-state index contributed by atoms with van der Waals surface area (Å²) in [5.74, 6) is -2.30. The Hall–Kier alpha value is -6.53. The number of rotatable bonds is 8. The van der Waals surface area contributed by atoms with Crippen LogP contribution in [0.5, 0.6) is 11.5 Å². The quantitative estimate of drug-likeness (QED) is 0.0628. The van der Waals surface area contributed by atoms with E-state index in [2.05, 4.69) is 21.3 Å². The fourth-order valence-corrected chi connectivity index (χ4v) is 7.46. The third-order valence-electron chi connectivity index (χ3n) is 8.46. The third kappa shape index (κ3) is 7.50. The molecular weight excluding hydrogens is 741 g/mol. The molecule has 0 aliphatic carbocycles. The molecule has 0 atom stereocenters. The summed E-state index contributed by atoms with van der Waals surface area (Å²) in [7, 11) is -9.31. The van der Waals surface area contributed by atoms with Crippen molar-refractivity contribution in [2.45, 2.75) is 23.6 Å². The molecule has 0 saturated carbocycles. The van der Waals surface area contributed by atoms with E-state index in [1.807, 2.05) is 0 Å². The molecule has 0 unspecified atom stereocenters. The minimum absolute atomic E-state index is 0.00711. The number of hydrogen-bond acceptors (Lipinski definition) is 11. The number of imide groups is 2. The van der Waals surface area contributed by atoms with Crippen LogP contribution >= 0.6 is 0 Å². The minimum atomic E-state index is -4.66. The van der Waals surface area contributed by atoms with Gasteiger partial charge < -0.3 is 20.8 Å². The van der Waals surface area contributed by atoms with Crippen molar-refractivity contribution >= 4 is 82.4 Å². The molecule has 6 aromatic carbocycles. The molecule has 0 saturated heterocycles. The highest BCUT2D eigenvalue weighted by atomic mass is 32.2. The first-order valence-electron chi connectivity index (χ1n) is 15.8. The number of carbonyl (C=O) groups is 3. The standard InChI is InChI=1S/C37H30N4O11S2/c1-19-17-23(38-33-27(42)15-9-21-5-3-7-29(31(21)33)53(47,48)49)11-13-25(19)35(44)40-37(46)41-36(45)26-14-12-24(18-20(26)2)39-34-28(43)16-10-22-6-4-8-30(32(22)34)54(50,51)52/h3-18,38-39,42-43H,1-2H3,(H,47,48,49)(H,50,51,52)(H2,40,41,44,45,46). The zero-order chi connectivity index (χ0) is 39.1. The zero-order valence-corrected chi connectivity index (χ0v) is 29.8. The molecule has 54 heavy (non-hydrogen) atoms. The van der Waals surface area contributed by atoms with E-state index >= 15 is 0 Å². The maximum absolute atomic E-state index is 13.0. The van der Waals surface area contributed by atoms with E-state index in [1.165, 1.54) is 84.9 Å². The van der Waals surface area contributed by atoms with E-state index in [0.29, 0.717) is 33.3 Å². The fourth-order valence-electron chi connectivity index (χ4n) is 6.01. The molecule has 6 aromatic rings. The predicted octanol–water partition coefficient (Wildman–Crippen LogP) is 6.28. The Morgan fingerprint density at radius 1 is 0.537 bits per heavy atom. The van der Waals surface area contributed by atoms with Gasteiger partial charge in [-0.1, -0.05) is 36.4 Å². The number of amides is 4. The smallest absolute Gasteiger partial charge is 0.328 e. The van der Waals surface area contributed by atoms with Gasteiger partial charge in [0, 0.05) is 33.3 Å². The van der Waals surface area contributed by atoms with Gasteiger partial charge in [-0.05, 0) is 96.4 Å². The molecule has 17 heteroatoms. The van der Waals surface area contributed by atoms with E-state index < -0.39 is 47.9 Å². The lowest BCUT2D eigenvalue weighted by Gasteiger charge is -2.16. The van der Waals surface area contributed by atoms with Gasteiger partial charge in [0.25, 0.3) is 32.1 Å². The van der Waals surface area contributed by atoms with Crippen LogP contribution < -0.4 is 21.3 Å². The van der Waals surface area contributed by atoms with Crippen LogP contribution in [-0.4, -0.2) is 54.0 Å². The van der Waals surface area contributed by atoms with Gasteiger partial charge >= 0.3 is 6.03 Å². The van der Waals surface area contributed by atoms with Crippen molar-refractivity contribution in [1.29, 1.82) is 0 Å². The Balaban J connectivity index is 1.15. The van der Waals surface area contributed by atoms with Crippen molar-refractivity contribution in [1.82, 2.24) is 10.6 Å². The molecule has 276 valence electrons. The lowest BCUT2D eigenvalue weighted by Crippen LogP contribution is -2.42. The second kappa shape index (κ2) is 14.1. The number of phenols is 2. The van der Waals surface area contributed by atoms with Crippen molar-refractivity contribution in [3.05, 3.63) is 119 Å². The second-order valence-electron chi connectivity index (χ2n) is 12.1. The first-order valence-corrected chi connectivity index (χ1v) is 18.7. The highest BCUT2D eigenvalue weighted by molar-refractivity contribution is 7.86.